The third-order valence-corrected chi connectivity index (χ3v) is 3.05. The number of benzene rings is 2. The quantitative estimate of drug-likeness (QED) is 0.749. The van der Waals surface area contributed by atoms with Gasteiger partial charge in [0, 0.05) is 11.4 Å². The third-order valence-electron chi connectivity index (χ3n) is 3.05. The Morgan fingerprint density at radius 3 is 2.45 bits per heavy atom. The number of nitrogen functional groups attached to an aromatic ring is 1. The first-order valence-electron chi connectivity index (χ1n) is 6.26. The average molecular weight is 273 g/mol. The van der Waals surface area contributed by atoms with Crippen LogP contribution in [0, 0.1) is 5.82 Å². The van der Waals surface area contributed by atoms with E-state index in [0.717, 1.165) is 18.2 Å². The van der Waals surface area contributed by atoms with Crippen molar-refractivity contribution in [1.82, 2.24) is 0 Å². The molecule has 0 aliphatic rings. The molecule has 2 aromatic rings. The van der Waals surface area contributed by atoms with Gasteiger partial charge in [0.1, 0.15) is 5.82 Å². The Bertz CT molecular complexity index is 638. The van der Waals surface area contributed by atoms with Gasteiger partial charge in [0.2, 0.25) is 0 Å². The van der Waals surface area contributed by atoms with Gasteiger partial charge >= 0.3 is 0 Å². The molecule has 0 aliphatic carbocycles. The highest BCUT2D eigenvalue weighted by Gasteiger charge is 2.12. The number of hydrogen-bond acceptors (Lipinski definition) is 3. The lowest BCUT2D eigenvalue weighted by molar-refractivity contribution is 0.100. The van der Waals surface area contributed by atoms with Crippen molar-refractivity contribution in [3.63, 3.8) is 0 Å². The molecule has 0 saturated heterocycles. The fraction of sp³-hybridized carbons (Fsp3) is 0.133. The molecule has 0 heterocycles. The highest BCUT2D eigenvalue weighted by atomic mass is 19.1. The van der Waals surface area contributed by atoms with Crippen molar-refractivity contribution in [3.05, 3.63) is 53.3 Å². The number of rotatable bonds is 4. The van der Waals surface area contributed by atoms with E-state index in [1.54, 1.807) is 0 Å². The summed E-state index contributed by atoms with van der Waals surface area (Å²) < 4.78 is 13.8. The van der Waals surface area contributed by atoms with Crippen molar-refractivity contribution >= 4 is 23.0 Å². The van der Waals surface area contributed by atoms with Crippen LogP contribution in [0.25, 0.3) is 0 Å². The minimum Gasteiger partial charge on any atom is -0.398 e. The number of aryl methyl sites for hydroxylation is 1. The summed E-state index contributed by atoms with van der Waals surface area (Å²) in [4.78, 5) is 11.2. The smallest absolute Gasteiger partial charge is 0.250 e. The Morgan fingerprint density at radius 1 is 1.25 bits per heavy atom. The molecule has 2 aromatic carbocycles. The first-order valence-corrected chi connectivity index (χ1v) is 6.26. The lowest BCUT2D eigenvalue weighted by Crippen LogP contribution is -2.14. The molecule has 5 N–H and O–H groups in total. The van der Waals surface area contributed by atoms with Crippen molar-refractivity contribution < 1.29 is 9.18 Å². The Morgan fingerprint density at radius 2 is 1.90 bits per heavy atom. The maximum absolute atomic E-state index is 13.8. The van der Waals surface area contributed by atoms with Crippen molar-refractivity contribution in [1.29, 1.82) is 0 Å². The molecule has 5 heteroatoms. The molecule has 4 nitrogen and oxygen atoms in total. The number of nitrogens with one attached hydrogen (secondary N) is 1. The first-order chi connectivity index (χ1) is 9.51. The molecule has 2 rings (SSSR count). The van der Waals surface area contributed by atoms with E-state index < -0.39 is 11.7 Å². The standard InChI is InChI=1S/C15H16FN3O/c1-2-9-3-5-10(6-4-9)19-14-7-11(15(18)20)13(17)8-12(14)16/h3-8,19H,2,17H2,1H3,(H2,18,20). The molecule has 0 aromatic heterocycles. The first kappa shape index (κ1) is 13.9. The molecule has 0 radical (unpaired) electrons. The zero-order chi connectivity index (χ0) is 14.7. The van der Waals surface area contributed by atoms with Gasteiger partial charge in [0.05, 0.1) is 11.3 Å². The molecule has 1 amide bonds. The van der Waals surface area contributed by atoms with E-state index in [4.69, 9.17) is 11.5 Å². The second-order valence-corrected chi connectivity index (χ2v) is 4.46. The summed E-state index contributed by atoms with van der Waals surface area (Å²) in [6, 6.07) is 10.00. The summed E-state index contributed by atoms with van der Waals surface area (Å²) in [6.45, 7) is 2.06. The molecular weight excluding hydrogens is 257 g/mol. The van der Waals surface area contributed by atoms with E-state index >= 15 is 0 Å². The highest BCUT2D eigenvalue weighted by Crippen LogP contribution is 2.25. The summed E-state index contributed by atoms with van der Waals surface area (Å²) in [6.07, 6.45) is 0.933. The fourth-order valence-corrected chi connectivity index (χ4v) is 1.88. The molecule has 0 spiro atoms. The van der Waals surface area contributed by atoms with Gasteiger partial charge in [0.15, 0.2) is 0 Å². The summed E-state index contributed by atoms with van der Waals surface area (Å²) in [5.41, 5.74) is 12.9. The number of halogens is 1. The Balaban J connectivity index is 2.32. The normalized spacial score (nSPS) is 10.3. The van der Waals surface area contributed by atoms with Crippen LogP contribution in [0.1, 0.15) is 22.8 Å². The number of amides is 1. The second kappa shape index (κ2) is 5.61. The van der Waals surface area contributed by atoms with Gasteiger partial charge in [-0.1, -0.05) is 19.1 Å². The number of anilines is 3. The van der Waals surface area contributed by atoms with Gasteiger partial charge in [0.25, 0.3) is 5.91 Å². The van der Waals surface area contributed by atoms with E-state index in [9.17, 15) is 9.18 Å². The molecule has 104 valence electrons. The minimum atomic E-state index is -0.688. The van der Waals surface area contributed by atoms with E-state index in [-0.39, 0.29) is 16.9 Å². The Hall–Kier alpha value is -2.56. The number of hydrogen-bond donors (Lipinski definition) is 3. The van der Waals surface area contributed by atoms with Crippen molar-refractivity contribution in [2.45, 2.75) is 13.3 Å². The molecule has 0 aliphatic heterocycles. The highest BCUT2D eigenvalue weighted by molar-refractivity contribution is 5.99. The van der Waals surface area contributed by atoms with Crippen molar-refractivity contribution in [3.8, 4) is 0 Å². The van der Waals surface area contributed by atoms with E-state index in [2.05, 4.69) is 12.2 Å². The summed E-state index contributed by atoms with van der Waals surface area (Å²) >= 11 is 0. The van der Waals surface area contributed by atoms with E-state index in [1.807, 2.05) is 24.3 Å². The number of primary amides is 1. The average Bonchev–Trinajstić information content (AvgIpc) is 2.42. The molecule has 0 fully saturated rings. The van der Waals surface area contributed by atoms with Crippen LogP contribution >= 0.6 is 0 Å². The van der Waals surface area contributed by atoms with Gasteiger partial charge in [-0.25, -0.2) is 4.39 Å². The lowest BCUT2D eigenvalue weighted by atomic mass is 10.1. The maximum atomic E-state index is 13.8. The second-order valence-electron chi connectivity index (χ2n) is 4.46. The largest absolute Gasteiger partial charge is 0.398 e. The van der Waals surface area contributed by atoms with Gasteiger partial charge < -0.3 is 16.8 Å². The van der Waals surface area contributed by atoms with Crippen LogP contribution in [0.4, 0.5) is 21.5 Å². The van der Waals surface area contributed by atoms with Crippen LogP contribution in [-0.4, -0.2) is 5.91 Å². The minimum absolute atomic E-state index is 0.0295. The van der Waals surface area contributed by atoms with Gasteiger partial charge in [-0.15, -0.1) is 0 Å². The molecule has 0 unspecified atom stereocenters. The van der Waals surface area contributed by atoms with Crippen LogP contribution in [0.15, 0.2) is 36.4 Å². The van der Waals surface area contributed by atoms with Gasteiger partial charge in [-0.05, 0) is 36.2 Å². The Kier molecular flexibility index (Phi) is 3.89. The fourth-order valence-electron chi connectivity index (χ4n) is 1.88. The number of nitrogens with two attached hydrogens (primary N) is 2. The summed E-state index contributed by atoms with van der Waals surface area (Å²) in [7, 11) is 0. The van der Waals surface area contributed by atoms with Crippen LogP contribution in [0.2, 0.25) is 0 Å². The third kappa shape index (κ3) is 2.88. The number of carbonyl (C=O) groups excluding carboxylic acids is 1. The molecule has 20 heavy (non-hydrogen) atoms. The molecule has 0 atom stereocenters. The topological polar surface area (TPSA) is 81.1 Å². The van der Waals surface area contributed by atoms with Crippen molar-refractivity contribution in [2.24, 2.45) is 5.73 Å². The van der Waals surface area contributed by atoms with Gasteiger partial charge in [-0.3, -0.25) is 4.79 Å². The maximum Gasteiger partial charge on any atom is 0.250 e. The van der Waals surface area contributed by atoms with Gasteiger partial charge in [-0.2, -0.15) is 0 Å². The molecule has 0 bridgehead atoms. The van der Waals surface area contributed by atoms with Crippen molar-refractivity contribution in [2.75, 3.05) is 11.1 Å². The number of carbonyl (C=O) groups is 1. The van der Waals surface area contributed by atoms with Crippen LogP contribution < -0.4 is 16.8 Å². The predicted molar refractivity (Wildman–Crippen MR) is 78.4 cm³/mol. The van der Waals surface area contributed by atoms with E-state index in [1.165, 1.54) is 11.6 Å². The zero-order valence-electron chi connectivity index (χ0n) is 11.1. The monoisotopic (exact) mass is 273 g/mol. The molecule has 0 saturated carbocycles. The zero-order valence-corrected chi connectivity index (χ0v) is 11.1. The van der Waals surface area contributed by atoms with E-state index in [0.29, 0.717) is 0 Å². The lowest BCUT2D eigenvalue weighted by Gasteiger charge is -2.11. The SMILES string of the molecule is CCc1ccc(Nc2cc(C(N)=O)c(N)cc2F)cc1. The predicted octanol–water partition coefficient (Wildman–Crippen LogP) is 2.81. The molecular formula is C15H16FN3O. The van der Waals surface area contributed by atoms with Crippen LogP contribution in [-0.2, 0) is 6.42 Å². The summed E-state index contributed by atoms with van der Waals surface area (Å²) in [5, 5.41) is 2.91. The van der Waals surface area contributed by atoms with Crippen LogP contribution in [0.3, 0.4) is 0 Å². The van der Waals surface area contributed by atoms with Crippen LogP contribution in [0.5, 0.6) is 0 Å². The Labute approximate surface area is 116 Å². The summed E-state index contributed by atoms with van der Waals surface area (Å²) in [5.74, 6) is -1.22.